The molecule has 0 radical (unpaired) electrons. The molecule has 200 valence electrons. The topological polar surface area (TPSA) is 122 Å². The zero-order valence-electron chi connectivity index (χ0n) is 19.2. The monoisotopic (exact) mass is 696 g/mol. The van der Waals surface area contributed by atoms with Crippen LogP contribution in [0.3, 0.4) is 0 Å². The lowest BCUT2D eigenvalue weighted by Crippen LogP contribution is -2.25. The van der Waals surface area contributed by atoms with E-state index in [4.69, 9.17) is 39.3 Å². The molecule has 0 fully saturated rings. The quantitative estimate of drug-likeness (QED) is 0.162. The number of aryl methyl sites for hydroxylation is 1. The van der Waals surface area contributed by atoms with Gasteiger partial charge in [0.2, 0.25) is 0 Å². The summed E-state index contributed by atoms with van der Waals surface area (Å²) in [6.45, 7) is 1.82. The molecule has 1 amide bonds. The van der Waals surface area contributed by atoms with Crippen molar-refractivity contribution in [2.45, 2.75) is 11.1 Å². The smallest absolute Gasteiger partial charge is 0.391 e. The third-order valence-corrected chi connectivity index (χ3v) is 11.0. The van der Waals surface area contributed by atoms with Crippen molar-refractivity contribution >= 4 is 101 Å². The van der Waals surface area contributed by atoms with Gasteiger partial charge >= 0.3 is 7.60 Å². The Morgan fingerprint density at radius 3 is 2.47 bits per heavy atom. The molecular weight excluding hydrogens is 682 g/mol. The van der Waals surface area contributed by atoms with Gasteiger partial charge in [-0.15, -0.1) is 11.3 Å². The fraction of sp³-hybridized carbons (Fsp3) is 0.0870. The Morgan fingerprint density at radius 1 is 1.08 bits per heavy atom. The lowest BCUT2D eigenvalue weighted by molar-refractivity contribution is 0.102. The Labute approximate surface area is 245 Å². The lowest BCUT2D eigenvalue weighted by atomic mass is 10.2. The second-order valence-electron chi connectivity index (χ2n) is 7.99. The highest BCUT2D eigenvalue weighted by Gasteiger charge is 2.27. The highest BCUT2D eigenvalue weighted by Crippen LogP contribution is 2.43. The molecule has 0 aliphatic rings. The predicted molar refractivity (Wildman–Crippen MR) is 156 cm³/mol. The molecule has 0 aliphatic heterocycles. The van der Waals surface area contributed by atoms with Gasteiger partial charge in [0.25, 0.3) is 15.9 Å². The molecule has 4 aromatic rings. The Kier molecular flexibility index (Phi) is 8.83. The van der Waals surface area contributed by atoms with E-state index >= 15 is 0 Å². The van der Waals surface area contributed by atoms with E-state index in [1.807, 2.05) is 6.92 Å². The van der Waals surface area contributed by atoms with E-state index in [0.717, 1.165) is 16.9 Å². The van der Waals surface area contributed by atoms with Crippen molar-refractivity contribution < 1.29 is 27.2 Å². The van der Waals surface area contributed by atoms with Crippen LogP contribution in [0.2, 0.25) is 15.1 Å². The highest BCUT2D eigenvalue weighted by atomic mass is 79.9. The van der Waals surface area contributed by atoms with Crippen LogP contribution in [0.25, 0.3) is 10.1 Å². The van der Waals surface area contributed by atoms with Crippen LogP contribution in [-0.2, 0) is 14.6 Å². The SMILES string of the molecule is Cc1cc(Cl)cc(NC(=O)c2cc(OP(=O)(O)CNS(=O)(=O)c3cc4c(Cl)ccc(Cl)c4s3)ccc2Br)c1. The highest BCUT2D eigenvalue weighted by molar-refractivity contribution is 9.10. The number of carbonyl (C=O) groups is 1. The van der Waals surface area contributed by atoms with Gasteiger partial charge in [0.15, 0.2) is 0 Å². The maximum atomic E-state index is 12.8. The van der Waals surface area contributed by atoms with Crippen molar-refractivity contribution in [3.63, 3.8) is 0 Å². The summed E-state index contributed by atoms with van der Waals surface area (Å²) in [4.78, 5) is 23.2. The molecule has 15 heteroatoms. The molecule has 0 aliphatic carbocycles. The second kappa shape index (κ2) is 11.4. The number of nitrogens with one attached hydrogen (secondary N) is 2. The molecule has 3 N–H and O–H groups in total. The molecule has 38 heavy (non-hydrogen) atoms. The van der Waals surface area contributed by atoms with Crippen LogP contribution in [0.15, 0.2) is 63.3 Å². The number of amides is 1. The molecule has 0 saturated carbocycles. The van der Waals surface area contributed by atoms with Crippen LogP contribution >= 0.6 is 69.7 Å². The minimum atomic E-state index is -4.53. The summed E-state index contributed by atoms with van der Waals surface area (Å²) in [7, 11) is -8.73. The molecule has 1 aromatic heterocycles. The Morgan fingerprint density at radius 2 is 1.79 bits per heavy atom. The van der Waals surface area contributed by atoms with Gasteiger partial charge in [0.05, 0.1) is 15.3 Å². The van der Waals surface area contributed by atoms with E-state index in [2.05, 4.69) is 26.0 Å². The number of hydrogen-bond acceptors (Lipinski definition) is 6. The summed E-state index contributed by atoms with van der Waals surface area (Å²) in [6.07, 6.45) is -0.926. The van der Waals surface area contributed by atoms with Gasteiger partial charge in [-0.1, -0.05) is 34.8 Å². The van der Waals surface area contributed by atoms with Crippen molar-refractivity contribution in [1.82, 2.24) is 4.72 Å². The number of anilines is 1. The molecule has 3 aromatic carbocycles. The number of rotatable bonds is 8. The first-order chi connectivity index (χ1) is 17.7. The third-order valence-electron chi connectivity index (χ3n) is 5.01. The maximum absolute atomic E-state index is 12.8. The largest absolute Gasteiger partial charge is 0.424 e. The Balaban J connectivity index is 1.48. The van der Waals surface area contributed by atoms with Gasteiger partial charge in [0, 0.05) is 25.6 Å². The molecule has 0 bridgehead atoms. The van der Waals surface area contributed by atoms with E-state index in [0.29, 0.717) is 35.3 Å². The van der Waals surface area contributed by atoms with Crippen LogP contribution in [0.5, 0.6) is 5.75 Å². The molecular formula is C23H17BrCl3N2O6PS2. The number of thiophene rings is 1. The summed E-state index contributed by atoms with van der Waals surface area (Å²) in [5, 5.41) is 4.24. The summed E-state index contributed by atoms with van der Waals surface area (Å²) >= 11 is 22.5. The van der Waals surface area contributed by atoms with Gasteiger partial charge < -0.3 is 14.7 Å². The first-order valence-electron chi connectivity index (χ1n) is 10.5. The van der Waals surface area contributed by atoms with E-state index < -0.39 is 29.8 Å². The summed E-state index contributed by atoms with van der Waals surface area (Å²) in [5.74, 6) is -0.648. The van der Waals surface area contributed by atoms with Crippen LogP contribution in [0, 0.1) is 6.92 Å². The van der Waals surface area contributed by atoms with Crippen molar-refractivity contribution in [1.29, 1.82) is 0 Å². The standard InChI is InChI=1S/C23H17BrCl3N2O6PS2/c1-12-6-13(25)8-14(7-12)29-23(30)16-9-15(2-3-18(16)24)35-36(31,32)11-28-38(33,34)21-10-17-19(26)4-5-20(27)22(17)37-21/h2-10,28H,11H2,1H3,(H,29,30)(H,31,32). The fourth-order valence-electron chi connectivity index (χ4n) is 3.34. The maximum Gasteiger partial charge on any atom is 0.391 e. The molecule has 1 heterocycles. The van der Waals surface area contributed by atoms with Gasteiger partial charge in [-0.3, -0.25) is 4.79 Å². The molecule has 0 saturated heterocycles. The summed E-state index contributed by atoms with van der Waals surface area (Å²) in [6, 6.07) is 13.5. The Hall–Kier alpha value is -1.66. The average Bonchev–Trinajstić information content (AvgIpc) is 3.29. The predicted octanol–water partition coefficient (Wildman–Crippen LogP) is 7.68. The number of sulfonamides is 1. The van der Waals surface area contributed by atoms with E-state index in [9.17, 15) is 22.7 Å². The summed E-state index contributed by atoms with van der Waals surface area (Å²) in [5.41, 5.74) is 1.42. The first kappa shape index (κ1) is 29.3. The van der Waals surface area contributed by atoms with Gasteiger partial charge in [-0.05, 0) is 83.0 Å². The molecule has 0 spiro atoms. The number of carbonyl (C=O) groups excluding carboxylic acids is 1. The Bertz CT molecular complexity index is 1670. The third kappa shape index (κ3) is 6.91. The zero-order valence-corrected chi connectivity index (χ0v) is 25.5. The van der Waals surface area contributed by atoms with Crippen LogP contribution in [0.1, 0.15) is 15.9 Å². The van der Waals surface area contributed by atoms with E-state index in [-0.39, 0.29) is 15.5 Å². The first-order valence-corrected chi connectivity index (χ1v) is 16.5. The van der Waals surface area contributed by atoms with Crippen LogP contribution in [0.4, 0.5) is 5.69 Å². The van der Waals surface area contributed by atoms with E-state index in [1.165, 1.54) is 24.3 Å². The van der Waals surface area contributed by atoms with Crippen molar-refractivity contribution in [2.75, 3.05) is 11.6 Å². The number of hydrogen-bond donors (Lipinski definition) is 3. The van der Waals surface area contributed by atoms with Crippen molar-refractivity contribution in [3.8, 4) is 5.75 Å². The average molecular weight is 699 g/mol. The number of fused-ring (bicyclic) bond motifs is 1. The van der Waals surface area contributed by atoms with Crippen LogP contribution < -0.4 is 14.6 Å². The van der Waals surface area contributed by atoms with Crippen molar-refractivity contribution in [2.24, 2.45) is 0 Å². The minimum Gasteiger partial charge on any atom is -0.424 e. The van der Waals surface area contributed by atoms with E-state index in [1.54, 1.807) is 30.3 Å². The molecule has 1 atom stereocenters. The fourth-order valence-corrected chi connectivity index (χ4v) is 8.55. The van der Waals surface area contributed by atoms with Crippen LogP contribution in [-0.4, -0.2) is 25.5 Å². The van der Waals surface area contributed by atoms with Gasteiger partial charge in [0.1, 0.15) is 16.2 Å². The molecule has 1 unspecified atom stereocenters. The van der Waals surface area contributed by atoms with Gasteiger partial charge in [-0.2, -0.15) is 4.72 Å². The minimum absolute atomic E-state index is 0.111. The van der Waals surface area contributed by atoms with Crippen molar-refractivity contribution in [3.05, 3.63) is 85.3 Å². The lowest BCUT2D eigenvalue weighted by Gasteiger charge is -2.15. The van der Waals surface area contributed by atoms with Gasteiger partial charge in [-0.25, -0.2) is 13.0 Å². The zero-order chi connectivity index (χ0) is 27.8. The molecule has 8 nitrogen and oxygen atoms in total. The second-order valence-corrected chi connectivity index (χ2v) is 14.9. The summed E-state index contributed by atoms with van der Waals surface area (Å²) < 4.78 is 46.3. The normalized spacial score (nSPS) is 13.3. The number of halogens is 4. The number of benzene rings is 3. The molecule has 4 rings (SSSR count).